The number of benzene rings is 1. The summed E-state index contributed by atoms with van der Waals surface area (Å²) < 4.78 is 0. The molecule has 3 nitrogen and oxygen atoms in total. The summed E-state index contributed by atoms with van der Waals surface area (Å²) in [6.07, 6.45) is 0. The largest absolute Gasteiger partial charge is 0.357 e. The molecule has 0 fully saturated rings. The van der Waals surface area contributed by atoms with E-state index in [9.17, 15) is 4.79 Å². The molecule has 1 aromatic carbocycles. The van der Waals surface area contributed by atoms with E-state index < -0.39 is 0 Å². The monoisotopic (exact) mass is 234 g/mol. The zero-order valence-electron chi connectivity index (χ0n) is 9.19. The van der Waals surface area contributed by atoms with Crippen LogP contribution >= 0.6 is 11.8 Å². The van der Waals surface area contributed by atoms with Gasteiger partial charge in [0.05, 0.1) is 13.1 Å². The normalized spacial score (nSPS) is 14.7. The Hall–Kier alpha value is -1.29. The molecule has 84 valence electrons. The summed E-state index contributed by atoms with van der Waals surface area (Å²) >= 11 is 1.67. The van der Waals surface area contributed by atoms with Gasteiger partial charge in [-0.2, -0.15) is 0 Å². The molecule has 4 heteroatoms. The third kappa shape index (κ3) is 2.85. The number of thioether (sulfide) groups is 1. The van der Waals surface area contributed by atoms with Gasteiger partial charge in [-0.3, -0.25) is 9.79 Å². The number of Topliss-reactive ketones (excluding diaryl/α,β-unsaturated/α-hetero) is 1. The Labute approximate surface area is 99.3 Å². The van der Waals surface area contributed by atoms with Gasteiger partial charge in [0.1, 0.15) is 0 Å². The molecular weight excluding hydrogens is 220 g/mol. The number of hydrogen-bond donors (Lipinski definition) is 1. The van der Waals surface area contributed by atoms with Crippen molar-refractivity contribution in [2.75, 3.05) is 18.8 Å². The number of hydrogen-bond acceptors (Lipinski definition) is 4. The fourth-order valence-corrected chi connectivity index (χ4v) is 2.17. The van der Waals surface area contributed by atoms with Gasteiger partial charge >= 0.3 is 0 Å². The zero-order chi connectivity index (χ0) is 11.4. The molecule has 0 bridgehead atoms. The maximum Gasteiger partial charge on any atom is 0.181 e. The van der Waals surface area contributed by atoms with E-state index in [1.165, 1.54) is 5.56 Å². The second kappa shape index (κ2) is 5.16. The standard InChI is InChI=1S/C12H14N2OS/c1-9-2-4-10(5-3-9)11(15)8-14-12-13-6-7-16-12/h2-5H,6-8H2,1H3,(H,13,14). The van der Waals surface area contributed by atoms with Gasteiger partial charge in [-0.1, -0.05) is 41.6 Å². The second-order valence-electron chi connectivity index (χ2n) is 3.68. The Morgan fingerprint density at radius 3 is 2.81 bits per heavy atom. The molecule has 1 N–H and O–H groups in total. The van der Waals surface area contributed by atoms with E-state index in [-0.39, 0.29) is 5.78 Å². The smallest absolute Gasteiger partial charge is 0.181 e. The summed E-state index contributed by atoms with van der Waals surface area (Å²) in [6, 6.07) is 7.63. The van der Waals surface area contributed by atoms with E-state index in [1.807, 2.05) is 31.2 Å². The maximum atomic E-state index is 11.8. The van der Waals surface area contributed by atoms with Crippen molar-refractivity contribution >= 4 is 22.7 Å². The van der Waals surface area contributed by atoms with Crippen LogP contribution < -0.4 is 5.32 Å². The van der Waals surface area contributed by atoms with Gasteiger partial charge in [-0.15, -0.1) is 0 Å². The van der Waals surface area contributed by atoms with Crippen LogP contribution in [0.5, 0.6) is 0 Å². The average molecular weight is 234 g/mol. The van der Waals surface area contributed by atoms with Crippen molar-refractivity contribution in [3.63, 3.8) is 0 Å². The zero-order valence-corrected chi connectivity index (χ0v) is 10.0. The summed E-state index contributed by atoms with van der Waals surface area (Å²) in [6.45, 7) is 3.19. The Bertz CT molecular complexity index is 412. The summed E-state index contributed by atoms with van der Waals surface area (Å²) in [5.41, 5.74) is 1.92. The summed E-state index contributed by atoms with van der Waals surface area (Å²) in [7, 11) is 0. The minimum absolute atomic E-state index is 0.107. The maximum absolute atomic E-state index is 11.8. The lowest BCUT2D eigenvalue weighted by atomic mass is 10.1. The van der Waals surface area contributed by atoms with Gasteiger partial charge in [-0.25, -0.2) is 0 Å². The first-order chi connectivity index (χ1) is 7.75. The number of carbonyl (C=O) groups is 1. The fraction of sp³-hybridized carbons (Fsp3) is 0.333. The number of aliphatic imine (C=N–C) groups is 1. The van der Waals surface area contributed by atoms with Gasteiger partial charge in [0.25, 0.3) is 0 Å². The molecule has 0 aliphatic carbocycles. The number of amidine groups is 1. The van der Waals surface area contributed by atoms with Gasteiger partial charge in [0.2, 0.25) is 0 Å². The highest BCUT2D eigenvalue weighted by Gasteiger charge is 2.09. The van der Waals surface area contributed by atoms with E-state index in [1.54, 1.807) is 11.8 Å². The van der Waals surface area contributed by atoms with Gasteiger partial charge in [-0.05, 0) is 6.92 Å². The van der Waals surface area contributed by atoms with Crippen LogP contribution in [0.4, 0.5) is 0 Å². The molecule has 1 aliphatic rings. The van der Waals surface area contributed by atoms with E-state index in [0.29, 0.717) is 6.54 Å². The fourth-order valence-electron chi connectivity index (χ4n) is 1.44. The molecule has 1 aliphatic heterocycles. The van der Waals surface area contributed by atoms with Gasteiger partial charge in [0, 0.05) is 11.3 Å². The van der Waals surface area contributed by atoms with Gasteiger partial charge < -0.3 is 5.32 Å². The Balaban J connectivity index is 1.90. The average Bonchev–Trinajstić information content (AvgIpc) is 2.80. The molecule has 0 atom stereocenters. The predicted molar refractivity (Wildman–Crippen MR) is 68.3 cm³/mol. The van der Waals surface area contributed by atoms with E-state index in [0.717, 1.165) is 23.0 Å². The van der Waals surface area contributed by atoms with Crippen molar-refractivity contribution in [2.24, 2.45) is 4.99 Å². The van der Waals surface area contributed by atoms with Crippen molar-refractivity contribution in [2.45, 2.75) is 6.92 Å². The van der Waals surface area contributed by atoms with Crippen LogP contribution in [0.2, 0.25) is 0 Å². The van der Waals surface area contributed by atoms with E-state index >= 15 is 0 Å². The molecule has 1 heterocycles. The molecule has 16 heavy (non-hydrogen) atoms. The highest BCUT2D eigenvalue weighted by molar-refractivity contribution is 8.14. The molecule has 0 unspecified atom stereocenters. The minimum atomic E-state index is 0.107. The van der Waals surface area contributed by atoms with Crippen LogP contribution in [-0.4, -0.2) is 29.8 Å². The number of carbonyl (C=O) groups excluding carboxylic acids is 1. The molecule has 0 saturated heterocycles. The predicted octanol–water partition coefficient (Wildman–Crippen LogP) is 1.87. The number of nitrogens with zero attached hydrogens (tertiary/aromatic N) is 1. The first-order valence-corrected chi connectivity index (χ1v) is 6.25. The van der Waals surface area contributed by atoms with E-state index in [2.05, 4.69) is 10.3 Å². The molecule has 0 amide bonds. The Morgan fingerprint density at radius 1 is 1.44 bits per heavy atom. The minimum Gasteiger partial charge on any atom is -0.357 e. The third-order valence-electron chi connectivity index (χ3n) is 2.36. The molecule has 1 aromatic rings. The molecule has 0 spiro atoms. The van der Waals surface area contributed by atoms with Crippen LogP contribution in [-0.2, 0) is 0 Å². The van der Waals surface area contributed by atoms with Crippen LogP contribution in [0.15, 0.2) is 29.3 Å². The highest BCUT2D eigenvalue weighted by atomic mass is 32.2. The molecule has 2 rings (SSSR count). The first-order valence-electron chi connectivity index (χ1n) is 5.27. The van der Waals surface area contributed by atoms with Crippen molar-refractivity contribution < 1.29 is 4.79 Å². The number of ketones is 1. The van der Waals surface area contributed by atoms with E-state index in [4.69, 9.17) is 0 Å². The van der Waals surface area contributed by atoms with Crippen molar-refractivity contribution in [1.29, 1.82) is 0 Å². The number of nitrogens with one attached hydrogen (secondary N) is 1. The van der Waals surface area contributed by atoms with Crippen molar-refractivity contribution in [1.82, 2.24) is 5.32 Å². The molecule has 0 saturated carbocycles. The SMILES string of the molecule is Cc1ccc(C(=O)CNC2=NCCS2)cc1. The van der Waals surface area contributed by atoms with Crippen molar-refractivity contribution in [3.05, 3.63) is 35.4 Å². The van der Waals surface area contributed by atoms with Crippen LogP contribution in [0.1, 0.15) is 15.9 Å². The van der Waals surface area contributed by atoms with Crippen LogP contribution in [0.3, 0.4) is 0 Å². The number of rotatable bonds is 3. The van der Waals surface area contributed by atoms with Crippen molar-refractivity contribution in [3.8, 4) is 0 Å². The first kappa shape index (κ1) is 11.2. The summed E-state index contributed by atoms with van der Waals surface area (Å²) in [5, 5.41) is 3.95. The molecule has 0 radical (unpaired) electrons. The molecular formula is C12H14N2OS. The van der Waals surface area contributed by atoms with Crippen LogP contribution in [0, 0.1) is 6.92 Å². The second-order valence-corrected chi connectivity index (χ2v) is 4.76. The molecule has 0 aromatic heterocycles. The highest BCUT2D eigenvalue weighted by Crippen LogP contribution is 2.09. The van der Waals surface area contributed by atoms with Gasteiger partial charge in [0.15, 0.2) is 11.0 Å². The Morgan fingerprint density at radius 2 is 2.19 bits per heavy atom. The number of aryl methyl sites for hydroxylation is 1. The lowest BCUT2D eigenvalue weighted by Crippen LogP contribution is -2.26. The summed E-state index contributed by atoms with van der Waals surface area (Å²) in [4.78, 5) is 16.0. The summed E-state index contributed by atoms with van der Waals surface area (Å²) in [5.74, 6) is 1.12. The lowest BCUT2D eigenvalue weighted by molar-refractivity contribution is 0.0996. The third-order valence-corrected chi connectivity index (χ3v) is 3.29. The van der Waals surface area contributed by atoms with Crippen LogP contribution in [0.25, 0.3) is 0 Å². The Kier molecular flexibility index (Phi) is 3.62. The topological polar surface area (TPSA) is 41.5 Å². The lowest BCUT2D eigenvalue weighted by Gasteiger charge is -2.04. The quantitative estimate of drug-likeness (QED) is 0.812.